The van der Waals surface area contributed by atoms with Crippen molar-refractivity contribution in [2.24, 2.45) is 0 Å². The first-order chi connectivity index (χ1) is 12.8. The number of amides is 1. The third-order valence-electron chi connectivity index (χ3n) is 3.93. The molecule has 2 aromatic carbocycles. The smallest absolute Gasteiger partial charge is 0.251 e. The largest absolute Gasteiger partial charge is 0.495 e. The number of aromatic nitrogens is 1. The first kappa shape index (κ1) is 17.5. The van der Waals surface area contributed by atoms with Crippen molar-refractivity contribution < 1.29 is 9.53 Å². The normalized spacial score (nSPS) is 10.2. The maximum atomic E-state index is 12.4. The van der Waals surface area contributed by atoms with Crippen molar-refractivity contribution in [2.75, 3.05) is 19.0 Å². The molecule has 1 aromatic heterocycles. The highest BCUT2D eigenvalue weighted by Gasteiger charge is 2.08. The van der Waals surface area contributed by atoms with Crippen molar-refractivity contribution >= 4 is 17.4 Å². The van der Waals surface area contributed by atoms with E-state index in [9.17, 15) is 4.79 Å². The van der Waals surface area contributed by atoms with Gasteiger partial charge in [-0.05, 0) is 36.2 Å². The Labute approximate surface area is 153 Å². The van der Waals surface area contributed by atoms with Crippen LogP contribution in [0.2, 0.25) is 0 Å². The summed E-state index contributed by atoms with van der Waals surface area (Å²) in [6.45, 7) is 0.584. The number of hydrogen-bond acceptors (Lipinski definition) is 4. The van der Waals surface area contributed by atoms with E-state index in [0.717, 1.165) is 12.1 Å². The molecule has 5 nitrogen and oxygen atoms in total. The summed E-state index contributed by atoms with van der Waals surface area (Å²) in [5.41, 5.74) is 2.55. The van der Waals surface area contributed by atoms with Crippen LogP contribution in [0.3, 0.4) is 0 Å². The molecule has 0 radical (unpaired) electrons. The number of para-hydroxylation sites is 2. The van der Waals surface area contributed by atoms with E-state index in [2.05, 4.69) is 15.6 Å². The van der Waals surface area contributed by atoms with E-state index in [-0.39, 0.29) is 5.91 Å². The van der Waals surface area contributed by atoms with Gasteiger partial charge in [-0.15, -0.1) is 0 Å². The van der Waals surface area contributed by atoms with Crippen LogP contribution in [0.4, 0.5) is 11.5 Å². The molecule has 0 unspecified atom stereocenters. The molecule has 0 saturated heterocycles. The number of benzene rings is 2. The molecule has 3 aromatic rings. The maximum Gasteiger partial charge on any atom is 0.251 e. The maximum absolute atomic E-state index is 12.4. The molecule has 0 bridgehead atoms. The lowest BCUT2D eigenvalue weighted by Gasteiger charge is -2.11. The Hall–Kier alpha value is -3.34. The Morgan fingerprint density at radius 3 is 2.62 bits per heavy atom. The quantitative estimate of drug-likeness (QED) is 0.682. The summed E-state index contributed by atoms with van der Waals surface area (Å²) >= 11 is 0. The number of nitrogens with one attached hydrogen (secondary N) is 2. The number of methoxy groups -OCH3 is 1. The van der Waals surface area contributed by atoms with Gasteiger partial charge in [-0.25, -0.2) is 4.98 Å². The number of anilines is 2. The van der Waals surface area contributed by atoms with E-state index < -0.39 is 0 Å². The average molecular weight is 347 g/mol. The minimum absolute atomic E-state index is 0.119. The SMILES string of the molecule is COc1ccccc1Nc1cc(C(=O)NCCc2ccccc2)ccn1. The van der Waals surface area contributed by atoms with Gasteiger partial charge >= 0.3 is 0 Å². The first-order valence-electron chi connectivity index (χ1n) is 8.44. The lowest BCUT2D eigenvalue weighted by molar-refractivity contribution is 0.0954. The molecule has 0 aliphatic carbocycles. The van der Waals surface area contributed by atoms with E-state index in [0.29, 0.717) is 23.7 Å². The number of carbonyl (C=O) groups is 1. The Balaban J connectivity index is 1.62. The highest BCUT2D eigenvalue weighted by atomic mass is 16.5. The molecule has 1 heterocycles. The van der Waals surface area contributed by atoms with Crippen LogP contribution in [0.5, 0.6) is 5.75 Å². The summed E-state index contributed by atoms with van der Waals surface area (Å²) in [6, 6.07) is 21.1. The molecule has 3 rings (SSSR count). The summed E-state index contributed by atoms with van der Waals surface area (Å²) in [5.74, 6) is 1.18. The molecule has 1 amide bonds. The average Bonchev–Trinajstić information content (AvgIpc) is 2.69. The van der Waals surface area contributed by atoms with Gasteiger partial charge in [0.05, 0.1) is 12.8 Å². The fraction of sp³-hybridized carbons (Fsp3) is 0.143. The van der Waals surface area contributed by atoms with Gasteiger partial charge in [0, 0.05) is 18.3 Å². The Morgan fingerprint density at radius 1 is 1.04 bits per heavy atom. The van der Waals surface area contributed by atoms with E-state index >= 15 is 0 Å². The molecular weight excluding hydrogens is 326 g/mol. The minimum atomic E-state index is -0.119. The fourth-order valence-corrected chi connectivity index (χ4v) is 2.59. The predicted molar refractivity (Wildman–Crippen MR) is 103 cm³/mol. The van der Waals surface area contributed by atoms with Gasteiger partial charge in [-0.2, -0.15) is 0 Å². The number of hydrogen-bond donors (Lipinski definition) is 2. The van der Waals surface area contributed by atoms with E-state index in [1.807, 2.05) is 54.6 Å². The molecule has 2 N–H and O–H groups in total. The van der Waals surface area contributed by atoms with Crippen molar-refractivity contribution in [3.05, 3.63) is 84.1 Å². The second-order valence-electron chi connectivity index (χ2n) is 5.75. The zero-order valence-electron chi connectivity index (χ0n) is 14.6. The summed E-state index contributed by atoms with van der Waals surface area (Å²) in [5, 5.41) is 6.13. The summed E-state index contributed by atoms with van der Waals surface area (Å²) in [7, 11) is 1.62. The van der Waals surface area contributed by atoms with Crippen molar-refractivity contribution in [1.29, 1.82) is 0 Å². The molecule has 26 heavy (non-hydrogen) atoms. The first-order valence-corrected chi connectivity index (χ1v) is 8.44. The van der Waals surface area contributed by atoms with Gasteiger partial charge in [0.1, 0.15) is 11.6 Å². The molecule has 0 saturated carbocycles. The molecule has 0 fully saturated rings. The predicted octanol–water partition coefficient (Wildman–Crippen LogP) is 3.81. The van der Waals surface area contributed by atoms with Crippen LogP contribution in [0.25, 0.3) is 0 Å². The van der Waals surface area contributed by atoms with Crippen molar-refractivity contribution in [3.63, 3.8) is 0 Å². The van der Waals surface area contributed by atoms with E-state index in [1.54, 1.807) is 25.4 Å². The Bertz CT molecular complexity index is 866. The highest BCUT2D eigenvalue weighted by molar-refractivity contribution is 5.94. The van der Waals surface area contributed by atoms with Gasteiger partial charge in [0.25, 0.3) is 5.91 Å². The van der Waals surface area contributed by atoms with Gasteiger partial charge in [-0.3, -0.25) is 4.79 Å². The Morgan fingerprint density at radius 2 is 1.81 bits per heavy atom. The zero-order chi connectivity index (χ0) is 18.2. The monoisotopic (exact) mass is 347 g/mol. The summed E-state index contributed by atoms with van der Waals surface area (Å²) in [6.07, 6.45) is 2.41. The van der Waals surface area contributed by atoms with Crippen LogP contribution in [-0.4, -0.2) is 24.5 Å². The van der Waals surface area contributed by atoms with Crippen molar-refractivity contribution in [2.45, 2.75) is 6.42 Å². The van der Waals surface area contributed by atoms with Crippen molar-refractivity contribution in [3.8, 4) is 5.75 Å². The number of nitrogens with zero attached hydrogens (tertiary/aromatic N) is 1. The molecule has 0 atom stereocenters. The fourth-order valence-electron chi connectivity index (χ4n) is 2.59. The van der Waals surface area contributed by atoms with Crippen LogP contribution >= 0.6 is 0 Å². The lowest BCUT2D eigenvalue weighted by Crippen LogP contribution is -2.25. The van der Waals surface area contributed by atoms with Crippen LogP contribution < -0.4 is 15.4 Å². The van der Waals surface area contributed by atoms with Crippen LogP contribution in [0.15, 0.2) is 72.9 Å². The van der Waals surface area contributed by atoms with Crippen LogP contribution in [0, 0.1) is 0 Å². The third-order valence-corrected chi connectivity index (χ3v) is 3.93. The summed E-state index contributed by atoms with van der Waals surface area (Å²) in [4.78, 5) is 16.6. The molecule has 132 valence electrons. The topological polar surface area (TPSA) is 63.2 Å². The molecule has 0 aliphatic heterocycles. The molecule has 0 spiro atoms. The number of carbonyl (C=O) groups excluding carboxylic acids is 1. The number of ether oxygens (including phenoxy) is 1. The van der Waals surface area contributed by atoms with E-state index in [1.165, 1.54) is 5.56 Å². The van der Waals surface area contributed by atoms with Crippen LogP contribution in [0.1, 0.15) is 15.9 Å². The Kier molecular flexibility index (Phi) is 5.83. The number of rotatable bonds is 7. The zero-order valence-corrected chi connectivity index (χ0v) is 14.6. The standard InChI is InChI=1S/C21H21N3O2/c1-26-19-10-6-5-9-18(19)24-20-15-17(12-14-22-20)21(25)23-13-11-16-7-3-2-4-8-16/h2-10,12,14-15H,11,13H2,1H3,(H,22,24)(H,23,25). The van der Waals surface area contributed by atoms with Gasteiger partial charge in [-0.1, -0.05) is 42.5 Å². The molecular formula is C21H21N3O2. The third kappa shape index (κ3) is 4.60. The number of pyridine rings is 1. The second kappa shape index (κ2) is 8.67. The van der Waals surface area contributed by atoms with Crippen LogP contribution in [-0.2, 0) is 6.42 Å². The van der Waals surface area contributed by atoms with Gasteiger partial charge in [0.2, 0.25) is 0 Å². The van der Waals surface area contributed by atoms with Gasteiger partial charge < -0.3 is 15.4 Å². The molecule has 5 heteroatoms. The lowest BCUT2D eigenvalue weighted by atomic mass is 10.1. The highest BCUT2D eigenvalue weighted by Crippen LogP contribution is 2.26. The summed E-state index contributed by atoms with van der Waals surface area (Å²) < 4.78 is 5.32. The van der Waals surface area contributed by atoms with Crippen molar-refractivity contribution in [1.82, 2.24) is 10.3 Å². The minimum Gasteiger partial charge on any atom is -0.495 e. The van der Waals surface area contributed by atoms with E-state index in [4.69, 9.17) is 4.74 Å². The second-order valence-corrected chi connectivity index (χ2v) is 5.75. The van der Waals surface area contributed by atoms with Gasteiger partial charge in [0.15, 0.2) is 0 Å². The molecule has 0 aliphatic rings.